The highest BCUT2D eigenvalue weighted by molar-refractivity contribution is 5.95. The van der Waals surface area contributed by atoms with Crippen LogP contribution >= 0.6 is 0 Å². The van der Waals surface area contributed by atoms with Crippen molar-refractivity contribution in [3.63, 3.8) is 0 Å². The molecule has 0 aliphatic rings. The van der Waals surface area contributed by atoms with E-state index in [-0.39, 0.29) is 17.2 Å². The number of nitrogens with one attached hydrogen (secondary N) is 1. The lowest BCUT2D eigenvalue weighted by atomic mass is 10.1. The lowest BCUT2D eigenvalue weighted by Crippen LogP contribution is -2.30. The van der Waals surface area contributed by atoms with E-state index in [4.69, 9.17) is 0 Å². The maximum absolute atomic E-state index is 13.1. The lowest BCUT2D eigenvalue weighted by molar-refractivity contribution is -0.137. The fourth-order valence-electron chi connectivity index (χ4n) is 2.02. The second kappa shape index (κ2) is 7.33. The standard InChI is InChI=1S/C15H21F3N2O/c1-4-9-19-13-8-7-11(10-12(13)15(16,17)18)14(21)20(5-2)6-3/h7-8,10,19H,4-6,9H2,1-3H3. The highest BCUT2D eigenvalue weighted by Crippen LogP contribution is 2.35. The Morgan fingerprint density at radius 2 is 1.81 bits per heavy atom. The Morgan fingerprint density at radius 3 is 2.29 bits per heavy atom. The molecule has 0 aromatic heterocycles. The molecule has 0 unspecified atom stereocenters. The minimum Gasteiger partial charge on any atom is -0.385 e. The summed E-state index contributed by atoms with van der Waals surface area (Å²) in [6.07, 6.45) is -3.77. The summed E-state index contributed by atoms with van der Waals surface area (Å²) >= 11 is 0. The van der Waals surface area contributed by atoms with Gasteiger partial charge in [0.25, 0.3) is 5.91 Å². The second-order valence-electron chi connectivity index (χ2n) is 4.66. The van der Waals surface area contributed by atoms with Crippen LogP contribution in [0, 0.1) is 0 Å². The maximum atomic E-state index is 13.1. The summed E-state index contributed by atoms with van der Waals surface area (Å²) in [5, 5.41) is 2.75. The van der Waals surface area contributed by atoms with Crippen molar-refractivity contribution in [3.8, 4) is 0 Å². The fourth-order valence-corrected chi connectivity index (χ4v) is 2.02. The molecule has 21 heavy (non-hydrogen) atoms. The molecular weight excluding hydrogens is 281 g/mol. The van der Waals surface area contributed by atoms with Gasteiger partial charge in [-0.1, -0.05) is 6.92 Å². The number of rotatable bonds is 6. The molecule has 1 N–H and O–H groups in total. The molecule has 0 saturated heterocycles. The van der Waals surface area contributed by atoms with Crippen LogP contribution in [0.1, 0.15) is 43.1 Å². The van der Waals surface area contributed by atoms with Gasteiger partial charge in [-0.05, 0) is 38.5 Å². The molecule has 0 spiro atoms. The number of amides is 1. The zero-order valence-electron chi connectivity index (χ0n) is 12.5. The van der Waals surface area contributed by atoms with Crippen molar-refractivity contribution < 1.29 is 18.0 Å². The van der Waals surface area contributed by atoms with Gasteiger partial charge in [-0.3, -0.25) is 4.79 Å². The lowest BCUT2D eigenvalue weighted by Gasteiger charge is -2.20. The molecule has 0 aliphatic carbocycles. The minimum absolute atomic E-state index is 0.0143. The average molecular weight is 302 g/mol. The predicted octanol–water partition coefficient (Wildman–Crippen LogP) is 4.01. The van der Waals surface area contributed by atoms with Crippen LogP contribution in [0.15, 0.2) is 18.2 Å². The summed E-state index contributed by atoms with van der Waals surface area (Å²) in [7, 11) is 0. The largest absolute Gasteiger partial charge is 0.418 e. The number of halogens is 3. The number of anilines is 1. The molecule has 118 valence electrons. The highest BCUT2D eigenvalue weighted by atomic mass is 19.4. The number of alkyl halides is 3. The van der Waals surface area contributed by atoms with Gasteiger partial charge in [-0.15, -0.1) is 0 Å². The van der Waals surface area contributed by atoms with Crippen molar-refractivity contribution in [1.82, 2.24) is 4.90 Å². The van der Waals surface area contributed by atoms with Crippen molar-refractivity contribution in [2.75, 3.05) is 25.0 Å². The van der Waals surface area contributed by atoms with Gasteiger partial charge >= 0.3 is 6.18 Å². The summed E-state index contributed by atoms with van der Waals surface area (Å²) in [6, 6.07) is 3.70. The number of hydrogen-bond donors (Lipinski definition) is 1. The molecule has 1 aromatic rings. The summed E-state index contributed by atoms with van der Waals surface area (Å²) in [4.78, 5) is 13.6. The minimum atomic E-state index is -4.49. The molecule has 1 rings (SSSR count). The SMILES string of the molecule is CCCNc1ccc(C(=O)N(CC)CC)cc1C(F)(F)F. The zero-order chi connectivity index (χ0) is 16.0. The van der Waals surface area contributed by atoms with Gasteiger partial charge in [-0.2, -0.15) is 13.2 Å². The first kappa shape index (κ1) is 17.3. The molecule has 1 amide bonds. The number of carbonyl (C=O) groups excluding carboxylic acids is 1. The molecule has 0 bridgehead atoms. The Kier molecular flexibility index (Phi) is 6.05. The van der Waals surface area contributed by atoms with E-state index in [2.05, 4.69) is 5.32 Å². The van der Waals surface area contributed by atoms with Gasteiger partial charge < -0.3 is 10.2 Å². The Labute approximate surface area is 123 Å². The molecule has 3 nitrogen and oxygen atoms in total. The second-order valence-corrected chi connectivity index (χ2v) is 4.66. The molecular formula is C15H21F3N2O. The Balaban J connectivity index is 3.18. The first-order valence-electron chi connectivity index (χ1n) is 7.09. The molecule has 0 heterocycles. The monoisotopic (exact) mass is 302 g/mol. The van der Waals surface area contributed by atoms with E-state index in [1.54, 1.807) is 13.8 Å². The Hall–Kier alpha value is -1.72. The van der Waals surface area contributed by atoms with E-state index >= 15 is 0 Å². The van der Waals surface area contributed by atoms with E-state index in [9.17, 15) is 18.0 Å². The fraction of sp³-hybridized carbons (Fsp3) is 0.533. The normalized spacial score (nSPS) is 11.3. The van der Waals surface area contributed by atoms with E-state index in [1.807, 2.05) is 6.92 Å². The van der Waals surface area contributed by atoms with Gasteiger partial charge in [0.1, 0.15) is 0 Å². The van der Waals surface area contributed by atoms with Crippen molar-refractivity contribution in [2.24, 2.45) is 0 Å². The number of benzene rings is 1. The van der Waals surface area contributed by atoms with Crippen LogP contribution in [0.5, 0.6) is 0 Å². The van der Waals surface area contributed by atoms with Crippen molar-refractivity contribution in [2.45, 2.75) is 33.4 Å². The predicted molar refractivity (Wildman–Crippen MR) is 77.5 cm³/mol. The van der Waals surface area contributed by atoms with Crippen LogP contribution in [-0.4, -0.2) is 30.4 Å². The number of hydrogen-bond acceptors (Lipinski definition) is 2. The summed E-state index contributed by atoms with van der Waals surface area (Å²) in [5.41, 5.74) is -0.720. The topological polar surface area (TPSA) is 32.3 Å². The van der Waals surface area contributed by atoms with Crippen LogP contribution in [0.2, 0.25) is 0 Å². The number of nitrogens with zero attached hydrogens (tertiary/aromatic N) is 1. The van der Waals surface area contributed by atoms with Crippen LogP contribution in [-0.2, 0) is 6.18 Å². The van der Waals surface area contributed by atoms with Crippen molar-refractivity contribution >= 4 is 11.6 Å². The third-order valence-electron chi connectivity index (χ3n) is 3.19. The van der Waals surface area contributed by atoms with Crippen molar-refractivity contribution in [3.05, 3.63) is 29.3 Å². The van der Waals surface area contributed by atoms with E-state index in [1.165, 1.54) is 17.0 Å². The zero-order valence-corrected chi connectivity index (χ0v) is 12.5. The quantitative estimate of drug-likeness (QED) is 0.861. The first-order chi connectivity index (χ1) is 9.85. The van der Waals surface area contributed by atoms with Crippen molar-refractivity contribution in [1.29, 1.82) is 0 Å². The van der Waals surface area contributed by atoms with Gasteiger partial charge in [0.05, 0.1) is 5.56 Å². The van der Waals surface area contributed by atoms with Gasteiger partial charge in [0.15, 0.2) is 0 Å². The first-order valence-corrected chi connectivity index (χ1v) is 7.09. The molecule has 0 atom stereocenters. The molecule has 6 heteroatoms. The van der Waals surface area contributed by atoms with Crippen LogP contribution in [0.25, 0.3) is 0 Å². The molecule has 0 radical (unpaired) electrons. The third-order valence-corrected chi connectivity index (χ3v) is 3.19. The molecule has 0 saturated carbocycles. The van der Waals surface area contributed by atoms with Gasteiger partial charge in [0, 0.05) is 30.9 Å². The smallest absolute Gasteiger partial charge is 0.385 e. The highest BCUT2D eigenvalue weighted by Gasteiger charge is 2.34. The molecule has 0 aliphatic heterocycles. The summed E-state index contributed by atoms with van der Waals surface area (Å²) in [6.45, 7) is 6.84. The van der Waals surface area contributed by atoms with E-state index in [0.717, 1.165) is 12.5 Å². The van der Waals surface area contributed by atoms with Crippen LogP contribution in [0.3, 0.4) is 0 Å². The maximum Gasteiger partial charge on any atom is 0.418 e. The number of carbonyl (C=O) groups is 1. The third kappa shape index (κ3) is 4.37. The summed E-state index contributed by atoms with van der Waals surface area (Å²) in [5.74, 6) is -0.382. The Morgan fingerprint density at radius 1 is 1.19 bits per heavy atom. The Bertz CT molecular complexity index is 482. The van der Waals surface area contributed by atoms with E-state index < -0.39 is 11.7 Å². The average Bonchev–Trinajstić information content (AvgIpc) is 2.45. The van der Waals surface area contributed by atoms with Crippen LogP contribution < -0.4 is 5.32 Å². The van der Waals surface area contributed by atoms with Crippen LogP contribution in [0.4, 0.5) is 18.9 Å². The van der Waals surface area contributed by atoms with Gasteiger partial charge in [-0.25, -0.2) is 0 Å². The van der Waals surface area contributed by atoms with Gasteiger partial charge in [0.2, 0.25) is 0 Å². The molecule has 0 fully saturated rings. The summed E-state index contributed by atoms with van der Waals surface area (Å²) < 4.78 is 39.4. The molecule has 1 aromatic carbocycles. The van der Waals surface area contributed by atoms with E-state index in [0.29, 0.717) is 19.6 Å².